The van der Waals surface area contributed by atoms with Gasteiger partial charge in [0.2, 0.25) is 0 Å². The molecule has 2 aliphatic heterocycles. The van der Waals surface area contributed by atoms with E-state index in [0.29, 0.717) is 13.1 Å². The van der Waals surface area contributed by atoms with Crippen molar-refractivity contribution in [3.63, 3.8) is 0 Å². The normalized spacial score (nSPS) is 17.8. The van der Waals surface area contributed by atoms with Crippen molar-refractivity contribution in [3.05, 3.63) is 42.9 Å². The number of benzene rings is 1. The zero-order valence-electron chi connectivity index (χ0n) is 13.5. The van der Waals surface area contributed by atoms with Gasteiger partial charge in [-0.3, -0.25) is 14.6 Å². The number of carbonyl (C=O) groups is 1. The van der Waals surface area contributed by atoms with Crippen LogP contribution in [0.3, 0.4) is 0 Å². The zero-order valence-corrected chi connectivity index (χ0v) is 13.5. The van der Waals surface area contributed by atoms with Crippen LogP contribution in [0.4, 0.5) is 16.3 Å². The molecule has 2 saturated heterocycles. The Bertz CT molecular complexity index is 947. The summed E-state index contributed by atoms with van der Waals surface area (Å²) in [4.78, 5) is 24.8. The molecule has 0 spiro atoms. The zero-order chi connectivity index (χ0) is 16.8. The van der Waals surface area contributed by atoms with E-state index in [-0.39, 0.29) is 12.1 Å². The third kappa shape index (κ3) is 2.37. The number of nitrogens with zero attached hydrogens (tertiary/aromatic N) is 6. The number of rotatable bonds is 3. The number of urea groups is 1. The summed E-state index contributed by atoms with van der Waals surface area (Å²) in [5.74, 6) is 0.890. The molecule has 126 valence electrons. The molecule has 5 rings (SSSR count). The van der Waals surface area contributed by atoms with Gasteiger partial charge < -0.3 is 10.2 Å². The molecule has 2 fully saturated rings. The molecule has 0 radical (unpaired) electrons. The summed E-state index contributed by atoms with van der Waals surface area (Å²) in [5.41, 5.74) is 2.66. The van der Waals surface area contributed by atoms with Gasteiger partial charge in [0, 0.05) is 32.4 Å². The van der Waals surface area contributed by atoms with E-state index in [1.54, 1.807) is 11.1 Å². The van der Waals surface area contributed by atoms with Gasteiger partial charge in [0.05, 0.1) is 35.2 Å². The second-order valence-corrected chi connectivity index (χ2v) is 6.34. The smallest absolute Gasteiger partial charge is 0.322 e. The summed E-state index contributed by atoms with van der Waals surface area (Å²) in [6.07, 6.45) is 5.52. The van der Waals surface area contributed by atoms with Gasteiger partial charge in [0.1, 0.15) is 5.82 Å². The third-order valence-electron chi connectivity index (χ3n) is 4.75. The van der Waals surface area contributed by atoms with Gasteiger partial charge in [0.25, 0.3) is 0 Å². The first-order valence-electron chi connectivity index (χ1n) is 8.34. The van der Waals surface area contributed by atoms with Crippen LogP contribution in [0.2, 0.25) is 0 Å². The van der Waals surface area contributed by atoms with E-state index in [1.165, 1.54) is 0 Å². The number of amides is 2. The van der Waals surface area contributed by atoms with Crippen molar-refractivity contribution in [1.29, 1.82) is 0 Å². The number of nitrogens with one attached hydrogen (secondary N) is 1. The van der Waals surface area contributed by atoms with Crippen molar-refractivity contribution < 1.29 is 4.79 Å². The van der Waals surface area contributed by atoms with Gasteiger partial charge in [-0.25, -0.2) is 9.78 Å². The van der Waals surface area contributed by atoms with Crippen molar-refractivity contribution in [2.75, 3.05) is 36.0 Å². The van der Waals surface area contributed by atoms with Crippen LogP contribution in [0.15, 0.2) is 42.9 Å². The van der Waals surface area contributed by atoms with Gasteiger partial charge >= 0.3 is 6.03 Å². The minimum Gasteiger partial charge on any atom is -0.351 e. The molecule has 25 heavy (non-hydrogen) atoms. The van der Waals surface area contributed by atoms with Gasteiger partial charge in [-0.1, -0.05) is 12.1 Å². The number of anilines is 2. The molecule has 0 bridgehead atoms. The maximum atomic E-state index is 11.7. The van der Waals surface area contributed by atoms with Gasteiger partial charge in [-0.2, -0.15) is 5.10 Å². The maximum Gasteiger partial charge on any atom is 0.322 e. The first kappa shape index (κ1) is 14.2. The maximum absolute atomic E-state index is 11.7. The second-order valence-electron chi connectivity index (χ2n) is 6.34. The van der Waals surface area contributed by atoms with Crippen LogP contribution >= 0.6 is 0 Å². The standard InChI is InChI=1S/C17H17N7O/c25-17-18-5-6-23(17)12-7-20-24(11-12)13-9-22(10-13)16-8-19-14-3-1-2-4-15(14)21-16/h1-4,7-8,11,13H,5-6,9-10H2,(H,18,25). The molecule has 8 nitrogen and oxygen atoms in total. The Labute approximate surface area is 144 Å². The first-order chi connectivity index (χ1) is 12.3. The highest BCUT2D eigenvalue weighted by atomic mass is 16.2. The van der Waals surface area contributed by atoms with Crippen molar-refractivity contribution in [2.45, 2.75) is 6.04 Å². The molecule has 2 amide bonds. The fraction of sp³-hybridized carbons (Fsp3) is 0.294. The Morgan fingerprint density at radius 3 is 2.76 bits per heavy atom. The molecular formula is C17H17N7O. The van der Waals surface area contributed by atoms with Crippen LogP contribution in [0.25, 0.3) is 11.0 Å². The van der Waals surface area contributed by atoms with Crippen molar-refractivity contribution in [3.8, 4) is 0 Å². The number of hydrogen-bond donors (Lipinski definition) is 1. The van der Waals surface area contributed by atoms with Gasteiger partial charge in [-0.15, -0.1) is 0 Å². The Morgan fingerprint density at radius 1 is 1.12 bits per heavy atom. The lowest BCUT2D eigenvalue weighted by atomic mass is 10.1. The lowest BCUT2D eigenvalue weighted by molar-refractivity contribution is 0.252. The summed E-state index contributed by atoms with van der Waals surface area (Å²) in [6, 6.07) is 8.11. The summed E-state index contributed by atoms with van der Waals surface area (Å²) in [6.45, 7) is 3.04. The van der Waals surface area contributed by atoms with Crippen molar-refractivity contribution in [2.24, 2.45) is 0 Å². The minimum atomic E-state index is -0.0544. The van der Waals surface area contributed by atoms with Crippen LogP contribution in [0, 0.1) is 0 Å². The van der Waals surface area contributed by atoms with E-state index in [9.17, 15) is 4.79 Å². The molecule has 2 aliphatic rings. The third-order valence-corrected chi connectivity index (χ3v) is 4.75. The predicted octanol–water partition coefficient (Wildman–Crippen LogP) is 1.42. The fourth-order valence-corrected chi connectivity index (χ4v) is 3.29. The molecule has 0 unspecified atom stereocenters. The van der Waals surface area contributed by atoms with Gasteiger partial charge in [-0.05, 0) is 12.1 Å². The van der Waals surface area contributed by atoms with Crippen LogP contribution < -0.4 is 15.1 Å². The fourth-order valence-electron chi connectivity index (χ4n) is 3.29. The summed E-state index contributed by atoms with van der Waals surface area (Å²) in [7, 11) is 0. The molecule has 1 aromatic carbocycles. The Kier molecular flexibility index (Phi) is 3.09. The van der Waals surface area contributed by atoms with Crippen molar-refractivity contribution >= 4 is 28.6 Å². The van der Waals surface area contributed by atoms with Crippen molar-refractivity contribution in [1.82, 2.24) is 25.1 Å². The number of hydrogen-bond acceptors (Lipinski definition) is 5. The molecule has 1 N–H and O–H groups in total. The number of aromatic nitrogens is 4. The van der Waals surface area contributed by atoms with Crippen LogP contribution in [0.1, 0.15) is 6.04 Å². The van der Waals surface area contributed by atoms with Crippen LogP contribution in [-0.2, 0) is 0 Å². The monoisotopic (exact) mass is 335 g/mol. The average molecular weight is 335 g/mol. The Hall–Kier alpha value is -3.16. The predicted molar refractivity (Wildman–Crippen MR) is 93.8 cm³/mol. The van der Waals surface area contributed by atoms with Gasteiger partial charge in [0.15, 0.2) is 0 Å². The molecule has 2 aromatic heterocycles. The molecule has 0 atom stereocenters. The molecule has 3 aromatic rings. The summed E-state index contributed by atoms with van der Waals surface area (Å²) < 4.78 is 1.94. The van der Waals surface area contributed by atoms with E-state index in [0.717, 1.165) is 35.6 Å². The minimum absolute atomic E-state index is 0.0544. The highest BCUT2D eigenvalue weighted by Gasteiger charge is 2.31. The number of fused-ring (bicyclic) bond motifs is 1. The van der Waals surface area contributed by atoms with E-state index >= 15 is 0 Å². The van der Waals surface area contributed by atoms with E-state index in [4.69, 9.17) is 0 Å². The second kappa shape index (κ2) is 5.44. The Morgan fingerprint density at radius 2 is 1.96 bits per heavy atom. The highest BCUT2D eigenvalue weighted by molar-refractivity contribution is 5.93. The number of para-hydroxylation sites is 2. The van der Waals surface area contributed by atoms with E-state index in [1.807, 2.05) is 41.3 Å². The Balaban J connectivity index is 1.29. The molecule has 8 heteroatoms. The van der Waals surface area contributed by atoms with E-state index in [2.05, 4.69) is 25.3 Å². The molecule has 4 heterocycles. The van der Waals surface area contributed by atoms with E-state index < -0.39 is 0 Å². The molecular weight excluding hydrogens is 318 g/mol. The average Bonchev–Trinajstić information content (AvgIpc) is 3.22. The first-order valence-corrected chi connectivity index (χ1v) is 8.34. The van der Waals surface area contributed by atoms with Crippen LogP contribution in [0.5, 0.6) is 0 Å². The summed E-state index contributed by atoms with van der Waals surface area (Å²) >= 11 is 0. The quantitative estimate of drug-likeness (QED) is 0.783. The van der Waals surface area contributed by atoms with Crippen LogP contribution in [-0.4, -0.2) is 52.0 Å². The molecule has 0 saturated carbocycles. The number of carbonyl (C=O) groups excluding carboxylic acids is 1. The largest absolute Gasteiger partial charge is 0.351 e. The molecule has 0 aliphatic carbocycles. The highest BCUT2D eigenvalue weighted by Crippen LogP contribution is 2.28. The topological polar surface area (TPSA) is 79.2 Å². The summed E-state index contributed by atoms with van der Waals surface area (Å²) in [5, 5.41) is 7.23. The lowest BCUT2D eigenvalue weighted by Crippen LogP contribution is -2.48. The SMILES string of the molecule is O=C1NCCN1c1cnn(C2CN(c3cnc4ccccc4n3)C2)c1. The lowest BCUT2D eigenvalue weighted by Gasteiger charge is -2.39.